The fourth-order valence-corrected chi connectivity index (χ4v) is 2.65. The average Bonchev–Trinajstić information content (AvgIpc) is 3.07. The van der Waals surface area contributed by atoms with Crippen molar-refractivity contribution in [3.63, 3.8) is 0 Å². The topological polar surface area (TPSA) is 73.1 Å². The second-order valence-corrected chi connectivity index (χ2v) is 5.63. The number of likely N-dealkylation sites (tertiary alicyclic amines) is 1. The zero-order valence-corrected chi connectivity index (χ0v) is 12.6. The first-order valence-electron chi connectivity index (χ1n) is 7.46. The summed E-state index contributed by atoms with van der Waals surface area (Å²) in [6, 6.07) is 7.35. The number of tetrazole rings is 1. The average molecular weight is 301 g/mol. The van der Waals surface area contributed by atoms with Gasteiger partial charge in [-0.25, -0.2) is 4.68 Å². The molecule has 0 bridgehead atoms. The van der Waals surface area contributed by atoms with Gasteiger partial charge in [0.1, 0.15) is 12.1 Å². The third-order valence-corrected chi connectivity index (χ3v) is 3.80. The van der Waals surface area contributed by atoms with E-state index in [1.807, 2.05) is 29.2 Å². The van der Waals surface area contributed by atoms with Crippen molar-refractivity contribution in [1.82, 2.24) is 25.1 Å². The maximum atomic E-state index is 12.2. The first-order valence-corrected chi connectivity index (χ1v) is 7.46. The third kappa shape index (κ3) is 3.41. The Bertz CT molecular complexity index is 629. The Hall–Kier alpha value is -2.44. The molecule has 1 saturated heterocycles. The predicted molar refractivity (Wildman–Crippen MR) is 79.6 cm³/mol. The monoisotopic (exact) mass is 301 g/mol. The number of aromatic nitrogens is 4. The Morgan fingerprint density at radius 1 is 1.45 bits per heavy atom. The van der Waals surface area contributed by atoms with Crippen molar-refractivity contribution in [3.05, 3.63) is 30.6 Å². The van der Waals surface area contributed by atoms with E-state index in [1.54, 1.807) is 4.68 Å². The molecule has 0 spiro atoms. The lowest BCUT2D eigenvalue weighted by Crippen LogP contribution is -2.41. The lowest BCUT2D eigenvalue weighted by atomic mass is 10.0. The van der Waals surface area contributed by atoms with E-state index in [0.29, 0.717) is 11.7 Å². The number of carbonyl (C=O) groups is 1. The van der Waals surface area contributed by atoms with Crippen LogP contribution in [0.15, 0.2) is 30.6 Å². The molecule has 1 aromatic carbocycles. The van der Waals surface area contributed by atoms with Crippen molar-refractivity contribution >= 4 is 5.91 Å². The summed E-state index contributed by atoms with van der Waals surface area (Å²) in [7, 11) is 0. The number of hydrogen-bond donors (Lipinski definition) is 0. The zero-order chi connectivity index (χ0) is 15.4. The van der Waals surface area contributed by atoms with Gasteiger partial charge in [-0.15, -0.1) is 5.10 Å². The van der Waals surface area contributed by atoms with Crippen molar-refractivity contribution in [2.75, 3.05) is 19.7 Å². The molecular formula is C15H19N5O2. The van der Waals surface area contributed by atoms with Gasteiger partial charge in [0.15, 0.2) is 6.61 Å². The van der Waals surface area contributed by atoms with E-state index in [-0.39, 0.29) is 12.5 Å². The molecular weight excluding hydrogens is 282 g/mol. The Balaban J connectivity index is 1.59. The van der Waals surface area contributed by atoms with Crippen LogP contribution < -0.4 is 4.74 Å². The molecule has 1 aliphatic heterocycles. The molecule has 3 rings (SSSR count). The van der Waals surface area contributed by atoms with Crippen molar-refractivity contribution < 1.29 is 9.53 Å². The third-order valence-electron chi connectivity index (χ3n) is 3.80. The molecule has 1 aliphatic rings. The maximum absolute atomic E-state index is 12.2. The number of piperidine rings is 1. The number of ether oxygens (including phenoxy) is 1. The van der Waals surface area contributed by atoms with E-state index in [1.165, 1.54) is 12.7 Å². The van der Waals surface area contributed by atoms with Gasteiger partial charge in [0.05, 0.1) is 5.69 Å². The fraction of sp³-hybridized carbons (Fsp3) is 0.467. The quantitative estimate of drug-likeness (QED) is 0.851. The molecule has 0 radical (unpaired) electrons. The van der Waals surface area contributed by atoms with Crippen LogP contribution >= 0.6 is 0 Å². The van der Waals surface area contributed by atoms with Gasteiger partial charge in [0, 0.05) is 19.2 Å². The van der Waals surface area contributed by atoms with Gasteiger partial charge >= 0.3 is 0 Å². The van der Waals surface area contributed by atoms with Crippen LogP contribution in [0.3, 0.4) is 0 Å². The van der Waals surface area contributed by atoms with Gasteiger partial charge in [-0.3, -0.25) is 4.79 Å². The normalized spacial score (nSPS) is 18.2. The number of benzene rings is 1. The summed E-state index contributed by atoms with van der Waals surface area (Å²) in [5, 5.41) is 11.0. The highest BCUT2D eigenvalue weighted by molar-refractivity contribution is 5.77. The summed E-state index contributed by atoms with van der Waals surface area (Å²) in [6.07, 6.45) is 3.78. The lowest BCUT2D eigenvalue weighted by Gasteiger charge is -2.30. The second kappa shape index (κ2) is 6.55. The van der Waals surface area contributed by atoms with Gasteiger partial charge < -0.3 is 9.64 Å². The number of hydrogen-bond acceptors (Lipinski definition) is 5. The van der Waals surface area contributed by atoms with Gasteiger partial charge in [-0.1, -0.05) is 13.0 Å². The lowest BCUT2D eigenvalue weighted by molar-refractivity contribution is -0.135. The van der Waals surface area contributed by atoms with Crippen LogP contribution in [0.1, 0.15) is 19.8 Å². The highest BCUT2D eigenvalue weighted by Crippen LogP contribution is 2.18. The molecule has 22 heavy (non-hydrogen) atoms. The predicted octanol–water partition coefficient (Wildman–Crippen LogP) is 1.30. The number of rotatable bonds is 4. The Kier molecular flexibility index (Phi) is 4.32. The standard InChI is InChI=1S/C15H19N5O2/c1-12-4-3-7-19(9-12)15(21)10-22-14-6-2-5-13(8-14)20-11-16-17-18-20/h2,5-6,8,11-12H,3-4,7,9-10H2,1H3. The summed E-state index contributed by atoms with van der Waals surface area (Å²) >= 11 is 0. The molecule has 1 aromatic heterocycles. The number of nitrogens with zero attached hydrogens (tertiary/aromatic N) is 5. The molecule has 116 valence electrons. The van der Waals surface area contributed by atoms with Crippen molar-refractivity contribution in [1.29, 1.82) is 0 Å². The molecule has 1 atom stereocenters. The Morgan fingerprint density at radius 2 is 2.36 bits per heavy atom. The van der Waals surface area contributed by atoms with E-state index < -0.39 is 0 Å². The SMILES string of the molecule is CC1CCCN(C(=O)COc2cccc(-n3cnnn3)c2)C1. The minimum absolute atomic E-state index is 0.0411. The molecule has 1 fully saturated rings. The first-order chi connectivity index (χ1) is 10.7. The highest BCUT2D eigenvalue weighted by atomic mass is 16.5. The van der Waals surface area contributed by atoms with Crippen LogP contribution in [0.4, 0.5) is 0 Å². The smallest absolute Gasteiger partial charge is 0.260 e. The van der Waals surface area contributed by atoms with Gasteiger partial charge in [-0.05, 0) is 41.3 Å². The molecule has 7 heteroatoms. The summed E-state index contributed by atoms with van der Waals surface area (Å²) < 4.78 is 7.16. The van der Waals surface area contributed by atoms with Gasteiger partial charge in [-0.2, -0.15) is 0 Å². The van der Waals surface area contributed by atoms with E-state index in [4.69, 9.17) is 4.74 Å². The van der Waals surface area contributed by atoms with E-state index in [9.17, 15) is 4.79 Å². The van der Waals surface area contributed by atoms with Gasteiger partial charge in [0.25, 0.3) is 5.91 Å². The first kappa shape index (κ1) is 14.5. The molecule has 0 aliphatic carbocycles. The Labute approximate surface area is 128 Å². The largest absolute Gasteiger partial charge is 0.484 e. The van der Waals surface area contributed by atoms with Crippen LogP contribution in [0, 0.1) is 5.92 Å². The van der Waals surface area contributed by atoms with E-state index in [2.05, 4.69) is 22.4 Å². The van der Waals surface area contributed by atoms with Crippen LogP contribution in [0.2, 0.25) is 0 Å². The maximum Gasteiger partial charge on any atom is 0.260 e. The van der Waals surface area contributed by atoms with Crippen molar-refractivity contribution in [2.45, 2.75) is 19.8 Å². The number of carbonyl (C=O) groups excluding carboxylic acids is 1. The van der Waals surface area contributed by atoms with Crippen LogP contribution in [-0.4, -0.2) is 50.7 Å². The summed E-state index contributed by atoms with van der Waals surface area (Å²) in [6.45, 7) is 3.89. The minimum Gasteiger partial charge on any atom is -0.484 e. The molecule has 2 aromatic rings. The molecule has 0 saturated carbocycles. The highest BCUT2D eigenvalue weighted by Gasteiger charge is 2.21. The van der Waals surface area contributed by atoms with E-state index >= 15 is 0 Å². The molecule has 1 unspecified atom stereocenters. The second-order valence-electron chi connectivity index (χ2n) is 5.63. The molecule has 1 amide bonds. The fourth-order valence-electron chi connectivity index (χ4n) is 2.65. The molecule has 2 heterocycles. The van der Waals surface area contributed by atoms with Crippen LogP contribution in [0.25, 0.3) is 5.69 Å². The summed E-state index contributed by atoms with van der Waals surface area (Å²) in [4.78, 5) is 14.1. The van der Waals surface area contributed by atoms with Crippen LogP contribution in [0.5, 0.6) is 5.75 Å². The number of amides is 1. The zero-order valence-electron chi connectivity index (χ0n) is 12.6. The summed E-state index contributed by atoms with van der Waals surface area (Å²) in [5.74, 6) is 1.24. The molecule has 7 nitrogen and oxygen atoms in total. The Morgan fingerprint density at radius 3 is 3.14 bits per heavy atom. The van der Waals surface area contributed by atoms with Crippen molar-refractivity contribution in [3.8, 4) is 11.4 Å². The van der Waals surface area contributed by atoms with Crippen LogP contribution in [-0.2, 0) is 4.79 Å². The summed E-state index contributed by atoms with van der Waals surface area (Å²) in [5.41, 5.74) is 0.793. The molecule has 0 N–H and O–H groups in total. The van der Waals surface area contributed by atoms with Crippen molar-refractivity contribution in [2.24, 2.45) is 5.92 Å². The van der Waals surface area contributed by atoms with Gasteiger partial charge in [0.2, 0.25) is 0 Å². The van der Waals surface area contributed by atoms with E-state index in [0.717, 1.165) is 25.2 Å². The minimum atomic E-state index is 0.0411.